The Kier molecular flexibility index (Phi) is 10.3. The first-order chi connectivity index (χ1) is 14.6. The number of rotatable bonds is 10. The fourth-order valence-corrected chi connectivity index (χ4v) is 3.37. The van der Waals surface area contributed by atoms with Crippen LogP contribution in [0.1, 0.15) is 23.6 Å². The third-order valence-corrected chi connectivity index (χ3v) is 5.02. The first kappa shape index (κ1) is 25.2. The van der Waals surface area contributed by atoms with Crippen molar-refractivity contribution in [3.05, 3.63) is 87.4 Å². The van der Waals surface area contributed by atoms with Crippen LogP contribution < -0.4 is 19.5 Å². The molecule has 166 valence electrons. The zero-order valence-electron chi connectivity index (χ0n) is 17.5. The summed E-state index contributed by atoms with van der Waals surface area (Å²) in [5, 5.41) is 4.64. The minimum atomic E-state index is 0. The van der Waals surface area contributed by atoms with E-state index in [2.05, 4.69) is 5.32 Å². The molecule has 0 atom stereocenters. The van der Waals surface area contributed by atoms with E-state index in [0.717, 1.165) is 23.4 Å². The Morgan fingerprint density at radius 2 is 1.45 bits per heavy atom. The standard InChI is InChI=1S/C24H25Cl2NO3.ClH/c1-3-29-23-13-19(15-27-14-17-6-10-21(28-2)11-7-17)12-22(26)24(23)30-16-18-4-8-20(25)9-5-18;/h4-13,27H,3,14-16H2,1-2H3;1H. The lowest BCUT2D eigenvalue weighted by Crippen LogP contribution is -2.13. The van der Waals surface area contributed by atoms with E-state index in [0.29, 0.717) is 41.3 Å². The van der Waals surface area contributed by atoms with Crippen LogP contribution in [0.25, 0.3) is 0 Å². The van der Waals surface area contributed by atoms with Crippen molar-refractivity contribution in [1.82, 2.24) is 5.32 Å². The fourth-order valence-electron chi connectivity index (χ4n) is 2.96. The summed E-state index contributed by atoms with van der Waals surface area (Å²) in [7, 11) is 1.66. The Bertz CT molecular complexity index is 948. The van der Waals surface area contributed by atoms with Crippen LogP contribution in [0.2, 0.25) is 10.0 Å². The van der Waals surface area contributed by atoms with E-state index in [-0.39, 0.29) is 12.4 Å². The van der Waals surface area contributed by atoms with Gasteiger partial charge in [0.25, 0.3) is 0 Å². The van der Waals surface area contributed by atoms with Gasteiger partial charge in [-0.25, -0.2) is 0 Å². The quantitative estimate of drug-likeness (QED) is 0.349. The molecule has 0 heterocycles. The Hall–Kier alpha value is -2.11. The molecule has 0 aliphatic carbocycles. The van der Waals surface area contributed by atoms with Gasteiger partial charge in [0.15, 0.2) is 11.5 Å². The van der Waals surface area contributed by atoms with Crippen molar-refractivity contribution < 1.29 is 14.2 Å². The molecule has 3 aromatic carbocycles. The first-order valence-electron chi connectivity index (χ1n) is 9.75. The molecule has 0 unspecified atom stereocenters. The van der Waals surface area contributed by atoms with Crippen molar-refractivity contribution in [2.24, 2.45) is 0 Å². The van der Waals surface area contributed by atoms with Crippen molar-refractivity contribution in [1.29, 1.82) is 0 Å². The van der Waals surface area contributed by atoms with Crippen molar-refractivity contribution in [2.75, 3.05) is 13.7 Å². The number of benzene rings is 3. The third kappa shape index (κ3) is 7.51. The molecule has 3 aromatic rings. The summed E-state index contributed by atoms with van der Waals surface area (Å²) >= 11 is 12.5. The van der Waals surface area contributed by atoms with Crippen LogP contribution >= 0.6 is 35.6 Å². The first-order valence-corrected chi connectivity index (χ1v) is 10.5. The summed E-state index contributed by atoms with van der Waals surface area (Å²) in [4.78, 5) is 0. The number of ether oxygens (including phenoxy) is 3. The Morgan fingerprint density at radius 3 is 2.10 bits per heavy atom. The van der Waals surface area contributed by atoms with E-state index in [4.69, 9.17) is 37.4 Å². The summed E-state index contributed by atoms with van der Waals surface area (Å²) in [6.45, 7) is 4.23. The molecule has 0 bridgehead atoms. The summed E-state index contributed by atoms with van der Waals surface area (Å²) in [6, 6.07) is 19.4. The van der Waals surface area contributed by atoms with Gasteiger partial charge in [-0.05, 0) is 60.0 Å². The lowest BCUT2D eigenvalue weighted by Gasteiger charge is -2.16. The largest absolute Gasteiger partial charge is 0.497 e. The molecular formula is C24H26Cl3NO3. The van der Waals surface area contributed by atoms with Gasteiger partial charge in [-0.15, -0.1) is 12.4 Å². The number of methoxy groups -OCH3 is 1. The molecule has 0 aliphatic rings. The molecule has 0 aromatic heterocycles. The van der Waals surface area contributed by atoms with Gasteiger partial charge in [-0.1, -0.05) is 47.5 Å². The maximum Gasteiger partial charge on any atom is 0.180 e. The predicted molar refractivity (Wildman–Crippen MR) is 129 cm³/mol. The second-order valence-electron chi connectivity index (χ2n) is 6.70. The topological polar surface area (TPSA) is 39.7 Å². The summed E-state index contributed by atoms with van der Waals surface area (Å²) in [5.74, 6) is 2.04. The van der Waals surface area contributed by atoms with E-state index >= 15 is 0 Å². The minimum Gasteiger partial charge on any atom is -0.497 e. The van der Waals surface area contributed by atoms with E-state index in [9.17, 15) is 0 Å². The second-order valence-corrected chi connectivity index (χ2v) is 7.55. The maximum atomic E-state index is 6.52. The molecule has 4 nitrogen and oxygen atoms in total. The van der Waals surface area contributed by atoms with Crippen LogP contribution in [0.4, 0.5) is 0 Å². The molecule has 3 rings (SSSR count). The van der Waals surface area contributed by atoms with E-state index < -0.39 is 0 Å². The van der Waals surface area contributed by atoms with Crippen LogP contribution in [0, 0.1) is 0 Å². The summed E-state index contributed by atoms with van der Waals surface area (Å²) < 4.78 is 16.9. The van der Waals surface area contributed by atoms with Crippen LogP contribution in [-0.2, 0) is 19.7 Å². The van der Waals surface area contributed by atoms with Crippen LogP contribution in [0.3, 0.4) is 0 Å². The molecule has 0 saturated heterocycles. The zero-order chi connectivity index (χ0) is 21.3. The number of hydrogen-bond acceptors (Lipinski definition) is 4. The maximum absolute atomic E-state index is 6.52. The van der Waals surface area contributed by atoms with Crippen molar-refractivity contribution in [3.63, 3.8) is 0 Å². The zero-order valence-corrected chi connectivity index (χ0v) is 19.8. The minimum absolute atomic E-state index is 0. The number of nitrogens with one attached hydrogen (secondary N) is 1. The Morgan fingerprint density at radius 1 is 0.806 bits per heavy atom. The van der Waals surface area contributed by atoms with Crippen molar-refractivity contribution >= 4 is 35.6 Å². The van der Waals surface area contributed by atoms with Crippen LogP contribution in [0.5, 0.6) is 17.2 Å². The molecule has 0 radical (unpaired) electrons. The molecule has 1 N–H and O–H groups in total. The lowest BCUT2D eigenvalue weighted by molar-refractivity contribution is 0.269. The van der Waals surface area contributed by atoms with Gasteiger partial charge < -0.3 is 19.5 Å². The van der Waals surface area contributed by atoms with Gasteiger partial charge >= 0.3 is 0 Å². The average Bonchev–Trinajstić information content (AvgIpc) is 2.75. The van der Waals surface area contributed by atoms with Crippen LogP contribution in [0.15, 0.2) is 60.7 Å². The molecule has 0 saturated carbocycles. The lowest BCUT2D eigenvalue weighted by atomic mass is 10.1. The van der Waals surface area contributed by atoms with E-state index in [1.807, 2.05) is 67.6 Å². The highest BCUT2D eigenvalue weighted by Gasteiger charge is 2.13. The highest BCUT2D eigenvalue weighted by molar-refractivity contribution is 6.32. The van der Waals surface area contributed by atoms with Gasteiger partial charge in [-0.3, -0.25) is 0 Å². The van der Waals surface area contributed by atoms with Gasteiger partial charge in [0.1, 0.15) is 12.4 Å². The van der Waals surface area contributed by atoms with Crippen molar-refractivity contribution in [3.8, 4) is 17.2 Å². The predicted octanol–water partition coefficient (Wildman–Crippen LogP) is 6.69. The highest BCUT2D eigenvalue weighted by Crippen LogP contribution is 2.37. The van der Waals surface area contributed by atoms with Gasteiger partial charge in [0.05, 0.1) is 18.7 Å². The van der Waals surface area contributed by atoms with E-state index in [1.54, 1.807) is 7.11 Å². The number of hydrogen-bond donors (Lipinski definition) is 1. The smallest absolute Gasteiger partial charge is 0.180 e. The van der Waals surface area contributed by atoms with Gasteiger partial charge in [0.2, 0.25) is 0 Å². The van der Waals surface area contributed by atoms with Crippen LogP contribution in [-0.4, -0.2) is 13.7 Å². The monoisotopic (exact) mass is 481 g/mol. The van der Waals surface area contributed by atoms with Gasteiger partial charge in [0, 0.05) is 18.1 Å². The Labute approximate surface area is 199 Å². The molecule has 0 aliphatic heterocycles. The van der Waals surface area contributed by atoms with Crippen molar-refractivity contribution in [2.45, 2.75) is 26.6 Å². The molecule has 0 spiro atoms. The molecule has 0 fully saturated rings. The molecule has 7 heteroatoms. The average molecular weight is 483 g/mol. The SMILES string of the molecule is CCOc1cc(CNCc2ccc(OC)cc2)cc(Cl)c1OCc1ccc(Cl)cc1.Cl. The van der Waals surface area contributed by atoms with E-state index in [1.165, 1.54) is 5.56 Å². The molecule has 0 amide bonds. The Balaban J connectivity index is 0.00000341. The highest BCUT2D eigenvalue weighted by atomic mass is 35.5. The second kappa shape index (κ2) is 12.7. The van der Waals surface area contributed by atoms with Gasteiger partial charge in [-0.2, -0.15) is 0 Å². The fraction of sp³-hybridized carbons (Fsp3) is 0.250. The number of halogens is 3. The molecule has 31 heavy (non-hydrogen) atoms. The normalized spacial score (nSPS) is 10.3. The summed E-state index contributed by atoms with van der Waals surface area (Å²) in [5.41, 5.74) is 3.20. The summed E-state index contributed by atoms with van der Waals surface area (Å²) in [6.07, 6.45) is 0. The third-order valence-electron chi connectivity index (χ3n) is 4.48. The molecular weight excluding hydrogens is 457 g/mol.